The molecule has 0 unspecified atom stereocenters. The van der Waals surface area contributed by atoms with Gasteiger partial charge in [0.15, 0.2) is 5.75 Å². The molecule has 0 aliphatic carbocycles. The van der Waals surface area contributed by atoms with Crippen molar-refractivity contribution in [3.05, 3.63) is 23.8 Å². The second kappa shape index (κ2) is 4.09. The van der Waals surface area contributed by atoms with Crippen LogP contribution in [0.15, 0.2) is 18.2 Å². The summed E-state index contributed by atoms with van der Waals surface area (Å²) >= 11 is 0. The summed E-state index contributed by atoms with van der Waals surface area (Å²) in [6, 6.07) is 5.50. The molecule has 0 heterocycles. The van der Waals surface area contributed by atoms with Gasteiger partial charge in [0, 0.05) is 13.1 Å². The number of halogens is 3. The summed E-state index contributed by atoms with van der Waals surface area (Å²) in [6.07, 6.45) is -4.76. The Hall–Kier alpha value is -1.90. The molecule has 0 aliphatic rings. The molecule has 1 rings (SSSR count). The van der Waals surface area contributed by atoms with E-state index >= 15 is 0 Å². The van der Waals surface area contributed by atoms with Gasteiger partial charge in [-0.15, -0.1) is 13.2 Å². The highest BCUT2D eigenvalue weighted by atomic mass is 19.4. The van der Waals surface area contributed by atoms with Crippen molar-refractivity contribution in [2.45, 2.75) is 6.36 Å². The van der Waals surface area contributed by atoms with Crippen molar-refractivity contribution in [3.63, 3.8) is 0 Å². The monoisotopic (exact) mass is 216 g/mol. The van der Waals surface area contributed by atoms with Crippen LogP contribution >= 0.6 is 0 Å². The quantitative estimate of drug-likeness (QED) is 0.826. The van der Waals surface area contributed by atoms with Crippen LogP contribution in [0, 0.1) is 11.3 Å². The van der Waals surface area contributed by atoms with Crippen LogP contribution in [0.1, 0.15) is 5.56 Å². The molecule has 1 aromatic rings. The molecule has 0 aliphatic heterocycles. The number of rotatable bonds is 2. The number of hydrogen-bond donors (Lipinski definition) is 1. The van der Waals surface area contributed by atoms with Gasteiger partial charge in [0.25, 0.3) is 0 Å². The molecule has 0 amide bonds. The van der Waals surface area contributed by atoms with Crippen molar-refractivity contribution < 1.29 is 17.9 Å². The smallest absolute Gasteiger partial charge is 0.404 e. The van der Waals surface area contributed by atoms with Gasteiger partial charge >= 0.3 is 6.36 Å². The molecule has 0 radical (unpaired) electrons. The van der Waals surface area contributed by atoms with Crippen LogP contribution < -0.4 is 10.1 Å². The number of nitrogens with one attached hydrogen (secondary N) is 1. The van der Waals surface area contributed by atoms with E-state index in [0.29, 0.717) is 0 Å². The fraction of sp³-hybridized carbons (Fsp3) is 0.222. The van der Waals surface area contributed by atoms with Gasteiger partial charge in [0.2, 0.25) is 0 Å². The number of ether oxygens (including phenoxy) is 1. The minimum atomic E-state index is -4.76. The topological polar surface area (TPSA) is 45.0 Å². The summed E-state index contributed by atoms with van der Waals surface area (Å²) in [7, 11) is 1.46. The number of anilines is 1. The number of nitriles is 1. The maximum absolute atomic E-state index is 12.0. The zero-order valence-corrected chi connectivity index (χ0v) is 7.72. The Morgan fingerprint density at radius 1 is 1.40 bits per heavy atom. The Morgan fingerprint density at radius 3 is 2.53 bits per heavy atom. The summed E-state index contributed by atoms with van der Waals surface area (Å²) in [6.45, 7) is 0. The molecule has 0 saturated heterocycles. The van der Waals surface area contributed by atoms with E-state index in [2.05, 4.69) is 10.1 Å². The van der Waals surface area contributed by atoms with Gasteiger partial charge in [-0.2, -0.15) is 5.26 Å². The van der Waals surface area contributed by atoms with Crippen LogP contribution in [0.2, 0.25) is 0 Å². The second-order valence-corrected chi connectivity index (χ2v) is 2.62. The van der Waals surface area contributed by atoms with Gasteiger partial charge < -0.3 is 10.1 Å². The standard InChI is InChI=1S/C9H7F3N2O/c1-14-7-3-2-6(5-13)4-8(7)15-9(10,11)12/h2-4,14H,1H3. The van der Waals surface area contributed by atoms with E-state index in [-0.39, 0.29) is 11.3 Å². The van der Waals surface area contributed by atoms with E-state index in [1.54, 1.807) is 6.07 Å². The van der Waals surface area contributed by atoms with E-state index < -0.39 is 12.1 Å². The molecule has 80 valence electrons. The maximum atomic E-state index is 12.0. The third kappa shape index (κ3) is 3.06. The lowest BCUT2D eigenvalue weighted by Gasteiger charge is -2.12. The summed E-state index contributed by atoms with van der Waals surface area (Å²) in [5.74, 6) is -0.413. The summed E-state index contributed by atoms with van der Waals surface area (Å²) in [5.41, 5.74) is 0.277. The zero-order chi connectivity index (χ0) is 11.5. The molecule has 1 N–H and O–H groups in total. The third-order valence-electron chi connectivity index (χ3n) is 1.61. The SMILES string of the molecule is CNc1ccc(C#N)cc1OC(F)(F)F. The predicted molar refractivity (Wildman–Crippen MR) is 47.4 cm³/mol. The first-order chi connectivity index (χ1) is 6.96. The van der Waals surface area contributed by atoms with Gasteiger partial charge in [-0.3, -0.25) is 0 Å². The number of nitrogens with zero attached hydrogens (tertiary/aromatic N) is 1. The van der Waals surface area contributed by atoms with Crippen molar-refractivity contribution in [2.75, 3.05) is 12.4 Å². The minimum Gasteiger partial charge on any atom is -0.404 e. The van der Waals surface area contributed by atoms with E-state index in [1.807, 2.05) is 0 Å². The summed E-state index contributed by atoms with van der Waals surface area (Å²) in [4.78, 5) is 0. The first-order valence-corrected chi connectivity index (χ1v) is 3.94. The molecule has 0 spiro atoms. The van der Waals surface area contributed by atoms with Crippen LogP contribution in [-0.4, -0.2) is 13.4 Å². The largest absolute Gasteiger partial charge is 0.573 e. The lowest BCUT2D eigenvalue weighted by atomic mass is 10.2. The Labute approximate surface area is 84.1 Å². The first kappa shape index (κ1) is 11.2. The fourth-order valence-corrected chi connectivity index (χ4v) is 1.01. The summed E-state index contributed by atoms with van der Waals surface area (Å²) in [5, 5.41) is 11.1. The van der Waals surface area contributed by atoms with Gasteiger partial charge in [-0.25, -0.2) is 0 Å². The van der Waals surface area contributed by atoms with Crippen LogP contribution in [0.3, 0.4) is 0 Å². The number of hydrogen-bond acceptors (Lipinski definition) is 3. The normalized spacial score (nSPS) is 10.6. The van der Waals surface area contributed by atoms with E-state index in [4.69, 9.17) is 5.26 Å². The number of alkyl halides is 3. The van der Waals surface area contributed by atoms with Crippen molar-refractivity contribution in [1.29, 1.82) is 5.26 Å². The average molecular weight is 216 g/mol. The number of benzene rings is 1. The summed E-state index contributed by atoms with van der Waals surface area (Å²) < 4.78 is 39.6. The molecule has 0 saturated carbocycles. The van der Waals surface area contributed by atoms with Crippen LogP contribution in [0.5, 0.6) is 5.75 Å². The van der Waals surface area contributed by atoms with Gasteiger partial charge in [0.1, 0.15) is 0 Å². The highest BCUT2D eigenvalue weighted by Gasteiger charge is 2.32. The van der Waals surface area contributed by atoms with Gasteiger partial charge in [0.05, 0.1) is 17.3 Å². The zero-order valence-electron chi connectivity index (χ0n) is 7.72. The molecule has 0 bridgehead atoms. The second-order valence-electron chi connectivity index (χ2n) is 2.62. The van der Waals surface area contributed by atoms with Crippen molar-refractivity contribution in [3.8, 4) is 11.8 Å². The van der Waals surface area contributed by atoms with Gasteiger partial charge in [-0.1, -0.05) is 0 Å². The Balaban J connectivity index is 3.08. The fourth-order valence-electron chi connectivity index (χ4n) is 1.01. The van der Waals surface area contributed by atoms with Crippen molar-refractivity contribution >= 4 is 5.69 Å². The van der Waals surface area contributed by atoms with Crippen LogP contribution in [-0.2, 0) is 0 Å². The highest BCUT2D eigenvalue weighted by molar-refractivity contribution is 5.59. The third-order valence-corrected chi connectivity index (χ3v) is 1.61. The molecule has 1 aromatic carbocycles. The predicted octanol–water partition coefficient (Wildman–Crippen LogP) is 2.50. The molecule has 0 aromatic heterocycles. The maximum Gasteiger partial charge on any atom is 0.573 e. The average Bonchev–Trinajstić information content (AvgIpc) is 2.15. The molecular formula is C9H7F3N2O. The lowest BCUT2D eigenvalue weighted by molar-refractivity contribution is -0.274. The highest BCUT2D eigenvalue weighted by Crippen LogP contribution is 2.30. The Kier molecular flexibility index (Phi) is 3.04. The molecule has 6 heteroatoms. The van der Waals surface area contributed by atoms with Crippen molar-refractivity contribution in [2.24, 2.45) is 0 Å². The lowest BCUT2D eigenvalue weighted by Crippen LogP contribution is -2.18. The molecule has 0 atom stereocenters. The van der Waals surface area contributed by atoms with E-state index in [0.717, 1.165) is 6.07 Å². The van der Waals surface area contributed by atoms with Crippen LogP contribution in [0.25, 0.3) is 0 Å². The van der Waals surface area contributed by atoms with E-state index in [9.17, 15) is 13.2 Å². The first-order valence-electron chi connectivity index (χ1n) is 3.94. The molecule has 0 fully saturated rings. The molecule has 15 heavy (non-hydrogen) atoms. The Morgan fingerprint density at radius 2 is 2.07 bits per heavy atom. The minimum absolute atomic E-state index is 0.105. The van der Waals surface area contributed by atoms with Gasteiger partial charge in [-0.05, 0) is 12.1 Å². The van der Waals surface area contributed by atoms with Crippen molar-refractivity contribution in [1.82, 2.24) is 0 Å². The van der Waals surface area contributed by atoms with E-state index in [1.165, 1.54) is 19.2 Å². The molecular weight excluding hydrogens is 209 g/mol. The van der Waals surface area contributed by atoms with Crippen LogP contribution in [0.4, 0.5) is 18.9 Å². The Bertz CT molecular complexity index is 395. The molecule has 3 nitrogen and oxygen atoms in total.